The molecule has 0 bridgehead atoms. The van der Waals surface area contributed by atoms with E-state index in [2.05, 4.69) is 29.1 Å². The lowest BCUT2D eigenvalue weighted by atomic mass is 9.86. The maximum absolute atomic E-state index is 12.3. The fourth-order valence-corrected chi connectivity index (χ4v) is 3.27. The number of methoxy groups -OCH3 is 1. The molecule has 2 aromatic rings. The molecule has 0 aliphatic carbocycles. The molecule has 2 atom stereocenters. The molecule has 0 saturated carbocycles. The van der Waals surface area contributed by atoms with Gasteiger partial charge in [0.05, 0.1) is 19.3 Å². The summed E-state index contributed by atoms with van der Waals surface area (Å²) in [5.41, 5.74) is 3.45. The fraction of sp³-hybridized carbons (Fsp3) is 0.412. The van der Waals surface area contributed by atoms with E-state index in [0.29, 0.717) is 6.54 Å². The summed E-state index contributed by atoms with van der Waals surface area (Å²) in [4.78, 5) is 14.5. The Morgan fingerprint density at radius 1 is 1.36 bits per heavy atom. The van der Waals surface area contributed by atoms with Crippen molar-refractivity contribution in [1.29, 1.82) is 0 Å². The summed E-state index contributed by atoms with van der Waals surface area (Å²) in [5, 5.41) is 4.22. The smallest absolute Gasteiger partial charge is 0.328 e. The molecule has 22 heavy (non-hydrogen) atoms. The number of benzene rings is 1. The van der Waals surface area contributed by atoms with Gasteiger partial charge in [0, 0.05) is 18.9 Å². The number of rotatable bonds is 3. The molecule has 5 nitrogen and oxygen atoms in total. The first-order valence-electron chi connectivity index (χ1n) is 7.51. The molecule has 1 aliphatic rings. The predicted molar refractivity (Wildman–Crippen MR) is 84.5 cm³/mol. The average molecular weight is 299 g/mol. The van der Waals surface area contributed by atoms with E-state index in [0.717, 1.165) is 17.8 Å². The van der Waals surface area contributed by atoms with E-state index < -0.39 is 0 Å². The Balaban J connectivity index is 2.03. The molecule has 0 spiro atoms. The zero-order valence-electron chi connectivity index (χ0n) is 13.2. The number of esters is 1. The van der Waals surface area contributed by atoms with Crippen LogP contribution >= 0.6 is 0 Å². The van der Waals surface area contributed by atoms with Gasteiger partial charge in [0.2, 0.25) is 0 Å². The van der Waals surface area contributed by atoms with Crippen LogP contribution in [0.5, 0.6) is 0 Å². The summed E-state index contributed by atoms with van der Waals surface area (Å²) >= 11 is 0. The maximum atomic E-state index is 12.3. The Hall–Kier alpha value is -2.30. The molecule has 0 saturated heterocycles. The predicted octanol–water partition coefficient (Wildman–Crippen LogP) is 2.16. The number of para-hydroxylation sites is 1. The van der Waals surface area contributed by atoms with E-state index in [1.165, 1.54) is 12.7 Å². The molecule has 0 amide bonds. The lowest BCUT2D eigenvalue weighted by molar-refractivity contribution is -0.143. The summed E-state index contributed by atoms with van der Waals surface area (Å²) in [6, 6.07) is 9.99. The molecule has 0 unspecified atom stereocenters. The van der Waals surface area contributed by atoms with Gasteiger partial charge in [-0.25, -0.2) is 4.79 Å². The molecule has 5 heteroatoms. The zero-order chi connectivity index (χ0) is 15.7. The molecule has 0 fully saturated rings. The topological polar surface area (TPSA) is 47.4 Å². The molecular weight excluding hydrogens is 278 g/mol. The number of hydrogen-bond acceptors (Lipinski definition) is 4. The Kier molecular flexibility index (Phi) is 3.88. The minimum atomic E-state index is -0.269. The first-order chi connectivity index (χ1) is 10.6. The van der Waals surface area contributed by atoms with Gasteiger partial charge in [-0.2, -0.15) is 5.10 Å². The number of carbonyl (C=O) groups is 1. The van der Waals surface area contributed by atoms with Gasteiger partial charge in [-0.1, -0.05) is 25.1 Å². The number of ether oxygens (including phenoxy) is 1. The van der Waals surface area contributed by atoms with Crippen LogP contribution in [0.3, 0.4) is 0 Å². The summed E-state index contributed by atoms with van der Waals surface area (Å²) < 4.78 is 6.90. The number of aromatic nitrogens is 2. The number of anilines is 1. The largest absolute Gasteiger partial charge is 0.467 e. The third kappa shape index (κ3) is 2.47. The monoisotopic (exact) mass is 299 g/mol. The highest BCUT2D eigenvalue weighted by Gasteiger charge is 2.37. The normalized spacial score (nSPS) is 20.6. The quantitative estimate of drug-likeness (QED) is 0.815. The van der Waals surface area contributed by atoms with Crippen LogP contribution in [0.25, 0.3) is 0 Å². The second kappa shape index (κ2) is 5.83. The van der Waals surface area contributed by atoms with Gasteiger partial charge in [0.25, 0.3) is 0 Å². The van der Waals surface area contributed by atoms with Gasteiger partial charge in [-0.15, -0.1) is 0 Å². The van der Waals surface area contributed by atoms with Gasteiger partial charge in [0.15, 0.2) is 0 Å². The minimum absolute atomic E-state index is 0.177. The maximum Gasteiger partial charge on any atom is 0.328 e. The van der Waals surface area contributed by atoms with Crippen molar-refractivity contribution in [3.8, 4) is 0 Å². The van der Waals surface area contributed by atoms with Crippen molar-refractivity contribution >= 4 is 11.7 Å². The molecule has 116 valence electrons. The Labute approximate surface area is 130 Å². The molecule has 1 aliphatic heterocycles. The Bertz CT molecular complexity index is 680. The second-order valence-electron chi connectivity index (χ2n) is 5.85. The van der Waals surface area contributed by atoms with Crippen LogP contribution in [0.1, 0.15) is 18.2 Å². The van der Waals surface area contributed by atoms with Crippen LogP contribution in [-0.2, 0) is 29.5 Å². The molecule has 2 heterocycles. The summed E-state index contributed by atoms with van der Waals surface area (Å²) in [6.07, 6.45) is 2.67. The van der Waals surface area contributed by atoms with Gasteiger partial charge in [-0.05, 0) is 30.0 Å². The average Bonchev–Trinajstić information content (AvgIpc) is 2.92. The first kappa shape index (κ1) is 14.6. The lowest BCUT2D eigenvalue weighted by Crippen LogP contribution is -2.49. The van der Waals surface area contributed by atoms with Gasteiger partial charge in [0.1, 0.15) is 6.04 Å². The van der Waals surface area contributed by atoms with Crippen molar-refractivity contribution in [3.63, 3.8) is 0 Å². The zero-order valence-corrected chi connectivity index (χ0v) is 13.2. The number of fused-ring (bicyclic) bond motifs is 1. The van der Waals surface area contributed by atoms with E-state index >= 15 is 0 Å². The van der Waals surface area contributed by atoms with Crippen molar-refractivity contribution in [1.82, 2.24) is 9.78 Å². The van der Waals surface area contributed by atoms with Gasteiger partial charge in [-0.3, -0.25) is 4.68 Å². The van der Waals surface area contributed by atoms with Gasteiger partial charge >= 0.3 is 5.97 Å². The fourth-order valence-electron chi connectivity index (χ4n) is 3.27. The van der Waals surface area contributed by atoms with E-state index in [9.17, 15) is 4.79 Å². The highest BCUT2D eigenvalue weighted by atomic mass is 16.5. The number of carbonyl (C=O) groups excluding carboxylic acids is 1. The molecule has 0 N–H and O–H groups in total. The molecule has 1 aromatic carbocycles. The molecule has 0 radical (unpaired) electrons. The van der Waals surface area contributed by atoms with Crippen molar-refractivity contribution in [2.45, 2.75) is 25.9 Å². The summed E-state index contributed by atoms with van der Waals surface area (Å²) in [7, 11) is 3.37. The molecule has 1 aromatic heterocycles. The third-order valence-electron chi connectivity index (χ3n) is 4.42. The van der Waals surface area contributed by atoms with Crippen LogP contribution in [0.15, 0.2) is 36.5 Å². The highest BCUT2D eigenvalue weighted by molar-refractivity contribution is 5.82. The van der Waals surface area contributed by atoms with E-state index in [1.54, 1.807) is 6.20 Å². The van der Waals surface area contributed by atoms with Crippen LogP contribution in [0.4, 0.5) is 5.69 Å². The van der Waals surface area contributed by atoms with E-state index in [4.69, 9.17) is 4.74 Å². The van der Waals surface area contributed by atoms with Crippen molar-refractivity contribution < 1.29 is 9.53 Å². The highest BCUT2D eigenvalue weighted by Crippen LogP contribution is 2.35. The SMILES string of the molecule is COC(=O)[C@@H]1[C@H](C)Cc2ccccc2N1Cc1ccnn1C. The third-order valence-corrected chi connectivity index (χ3v) is 4.42. The number of nitrogens with zero attached hydrogens (tertiary/aromatic N) is 3. The lowest BCUT2D eigenvalue weighted by Gasteiger charge is -2.40. The van der Waals surface area contributed by atoms with E-state index in [1.807, 2.05) is 29.9 Å². The van der Waals surface area contributed by atoms with Crippen molar-refractivity contribution in [3.05, 3.63) is 47.8 Å². The van der Waals surface area contributed by atoms with Gasteiger partial charge < -0.3 is 9.64 Å². The van der Waals surface area contributed by atoms with Crippen LogP contribution in [0, 0.1) is 5.92 Å². The standard InChI is InChI=1S/C17H21N3O2/c1-12-10-13-6-4-5-7-15(13)20(16(12)17(21)22-3)11-14-8-9-18-19(14)2/h4-9,12,16H,10-11H2,1-3H3/t12-,16+/m1/s1. The summed E-state index contributed by atoms with van der Waals surface area (Å²) in [5.74, 6) is 0.0275. The van der Waals surface area contributed by atoms with Crippen molar-refractivity contribution in [2.75, 3.05) is 12.0 Å². The van der Waals surface area contributed by atoms with Crippen molar-refractivity contribution in [2.24, 2.45) is 13.0 Å². The Morgan fingerprint density at radius 3 is 2.82 bits per heavy atom. The minimum Gasteiger partial charge on any atom is -0.467 e. The van der Waals surface area contributed by atoms with Crippen LogP contribution in [0.2, 0.25) is 0 Å². The van der Waals surface area contributed by atoms with Crippen LogP contribution in [-0.4, -0.2) is 28.9 Å². The first-order valence-corrected chi connectivity index (χ1v) is 7.51. The number of aryl methyl sites for hydroxylation is 1. The second-order valence-corrected chi connectivity index (χ2v) is 5.85. The van der Waals surface area contributed by atoms with E-state index in [-0.39, 0.29) is 17.9 Å². The molecule has 3 rings (SSSR count). The molecular formula is C17H21N3O2. The number of hydrogen-bond donors (Lipinski definition) is 0. The Morgan fingerprint density at radius 2 is 2.14 bits per heavy atom. The van der Waals surface area contributed by atoms with Crippen LogP contribution < -0.4 is 4.90 Å². The summed E-state index contributed by atoms with van der Waals surface area (Å²) in [6.45, 7) is 2.74.